The third kappa shape index (κ3) is 4.72. The van der Waals surface area contributed by atoms with Gasteiger partial charge in [-0.3, -0.25) is 9.69 Å². The van der Waals surface area contributed by atoms with Crippen molar-refractivity contribution in [3.8, 4) is 5.75 Å². The highest BCUT2D eigenvalue weighted by molar-refractivity contribution is 9.10. The Hall–Kier alpha value is -2.13. The average molecular weight is 540 g/mol. The van der Waals surface area contributed by atoms with Crippen molar-refractivity contribution in [2.75, 3.05) is 18.6 Å². The number of benzene rings is 2. The molecule has 0 aliphatic carbocycles. The number of carbonyl (C=O) groups is 1. The Balaban J connectivity index is 1.72. The lowest BCUT2D eigenvalue weighted by molar-refractivity contribution is 0.0986. The highest BCUT2D eigenvalue weighted by atomic mass is 79.9. The molecule has 2 aromatic heterocycles. The van der Waals surface area contributed by atoms with Gasteiger partial charge in [0.2, 0.25) is 0 Å². The van der Waals surface area contributed by atoms with Gasteiger partial charge in [-0.25, -0.2) is 9.97 Å². The standard InChI is InChI=1S/C21H17BrCl2N4O2S/c1-30-17-6-5-16(24)19-18(17)26-21(31-19)28(9-2-8-27-10-7-25-12-27)20(29)14-11-13(22)3-4-15(14)23/h3-7,10-12H,2,8-9H2,1H3. The van der Waals surface area contributed by atoms with Crippen LogP contribution in [0.2, 0.25) is 10.0 Å². The Morgan fingerprint density at radius 2 is 2.06 bits per heavy atom. The number of imidazole rings is 1. The summed E-state index contributed by atoms with van der Waals surface area (Å²) in [6.07, 6.45) is 6.07. The van der Waals surface area contributed by atoms with E-state index < -0.39 is 0 Å². The maximum atomic E-state index is 13.5. The van der Waals surface area contributed by atoms with E-state index in [-0.39, 0.29) is 5.91 Å². The van der Waals surface area contributed by atoms with E-state index in [2.05, 4.69) is 20.9 Å². The van der Waals surface area contributed by atoms with Crippen LogP contribution in [-0.4, -0.2) is 34.1 Å². The van der Waals surface area contributed by atoms with Gasteiger partial charge in [-0.05, 0) is 36.8 Å². The summed E-state index contributed by atoms with van der Waals surface area (Å²) in [5.41, 5.74) is 1.03. The first-order chi connectivity index (χ1) is 15.0. The molecule has 10 heteroatoms. The molecule has 0 aliphatic heterocycles. The van der Waals surface area contributed by atoms with E-state index in [0.29, 0.717) is 51.5 Å². The van der Waals surface area contributed by atoms with E-state index in [9.17, 15) is 4.79 Å². The number of carbonyl (C=O) groups excluding carboxylic acids is 1. The minimum absolute atomic E-state index is 0.230. The van der Waals surface area contributed by atoms with Gasteiger partial charge in [-0.1, -0.05) is 50.5 Å². The highest BCUT2D eigenvalue weighted by Gasteiger charge is 2.24. The van der Waals surface area contributed by atoms with Gasteiger partial charge in [0.05, 0.1) is 33.7 Å². The second kappa shape index (κ2) is 9.56. The molecule has 31 heavy (non-hydrogen) atoms. The van der Waals surface area contributed by atoms with Crippen molar-refractivity contribution < 1.29 is 9.53 Å². The van der Waals surface area contributed by atoms with E-state index in [1.54, 1.807) is 54.9 Å². The zero-order valence-corrected chi connectivity index (χ0v) is 20.3. The first-order valence-electron chi connectivity index (χ1n) is 9.33. The third-order valence-corrected chi connectivity index (χ3v) is 7.02. The fraction of sp³-hybridized carbons (Fsp3) is 0.190. The fourth-order valence-corrected chi connectivity index (χ4v) is 4.98. The normalized spacial score (nSPS) is 11.1. The lowest BCUT2D eigenvalue weighted by Gasteiger charge is -2.21. The molecule has 0 aliphatic rings. The van der Waals surface area contributed by atoms with Crippen LogP contribution in [0.15, 0.2) is 53.5 Å². The Morgan fingerprint density at radius 3 is 2.81 bits per heavy atom. The van der Waals surface area contributed by atoms with E-state index in [0.717, 1.165) is 9.17 Å². The number of ether oxygens (including phenoxy) is 1. The quantitative estimate of drug-likeness (QED) is 0.276. The van der Waals surface area contributed by atoms with Crippen molar-refractivity contribution in [2.24, 2.45) is 0 Å². The van der Waals surface area contributed by atoms with Crippen LogP contribution in [-0.2, 0) is 6.54 Å². The molecule has 4 rings (SSSR count). The average Bonchev–Trinajstić information content (AvgIpc) is 3.43. The summed E-state index contributed by atoms with van der Waals surface area (Å²) in [6.45, 7) is 1.16. The van der Waals surface area contributed by atoms with Crippen LogP contribution >= 0.6 is 50.5 Å². The van der Waals surface area contributed by atoms with Gasteiger partial charge in [0, 0.05) is 30.0 Å². The van der Waals surface area contributed by atoms with Crippen molar-refractivity contribution in [1.82, 2.24) is 14.5 Å². The molecule has 0 bridgehead atoms. The second-order valence-corrected chi connectivity index (χ2v) is 9.37. The van der Waals surface area contributed by atoms with Crippen LogP contribution in [0.5, 0.6) is 5.75 Å². The first-order valence-corrected chi connectivity index (χ1v) is 11.7. The molecule has 0 atom stereocenters. The molecule has 2 heterocycles. The van der Waals surface area contributed by atoms with E-state index >= 15 is 0 Å². The largest absolute Gasteiger partial charge is 0.494 e. The molecular formula is C21H17BrCl2N4O2S. The smallest absolute Gasteiger partial charge is 0.261 e. The monoisotopic (exact) mass is 538 g/mol. The molecule has 2 aromatic carbocycles. The minimum atomic E-state index is -0.230. The topological polar surface area (TPSA) is 60.2 Å². The molecule has 4 aromatic rings. The van der Waals surface area contributed by atoms with Crippen LogP contribution in [0.4, 0.5) is 5.13 Å². The van der Waals surface area contributed by atoms with Gasteiger partial charge in [0.1, 0.15) is 11.3 Å². The maximum Gasteiger partial charge on any atom is 0.261 e. The van der Waals surface area contributed by atoms with Crippen LogP contribution in [0.3, 0.4) is 0 Å². The molecule has 0 spiro atoms. The number of hydrogen-bond acceptors (Lipinski definition) is 5. The van der Waals surface area contributed by atoms with Gasteiger partial charge in [-0.2, -0.15) is 0 Å². The summed E-state index contributed by atoms with van der Waals surface area (Å²) >= 11 is 17.5. The van der Waals surface area contributed by atoms with Crippen molar-refractivity contribution in [2.45, 2.75) is 13.0 Å². The second-order valence-electron chi connectivity index (χ2n) is 6.66. The number of rotatable bonds is 7. The van der Waals surface area contributed by atoms with Crippen molar-refractivity contribution in [3.63, 3.8) is 0 Å². The molecule has 0 saturated heterocycles. The Bertz CT molecular complexity index is 1230. The predicted octanol–water partition coefficient (Wildman–Crippen LogP) is 6.31. The molecule has 1 amide bonds. The number of thiazole rings is 1. The van der Waals surface area contributed by atoms with E-state index in [4.69, 9.17) is 32.9 Å². The number of hydrogen-bond donors (Lipinski definition) is 0. The molecule has 0 radical (unpaired) electrons. The Labute approximate surface area is 201 Å². The summed E-state index contributed by atoms with van der Waals surface area (Å²) < 4.78 is 8.93. The van der Waals surface area contributed by atoms with Crippen molar-refractivity contribution in [1.29, 1.82) is 0 Å². The van der Waals surface area contributed by atoms with E-state index in [1.807, 2.05) is 10.8 Å². The molecule has 0 N–H and O–H groups in total. The summed E-state index contributed by atoms with van der Waals surface area (Å²) in [5, 5.41) is 1.48. The number of aromatic nitrogens is 3. The van der Waals surface area contributed by atoms with Gasteiger partial charge < -0.3 is 9.30 Å². The maximum absolute atomic E-state index is 13.5. The number of amides is 1. The number of fused-ring (bicyclic) bond motifs is 1. The highest BCUT2D eigenvalue weighted by Crippen LogP contribution is 2.39. The summed E-state index contributed by atoms with van der Waals surface area (Å²) in [4.78, 5) is 23.9. The van der Waals surface area contributed by atoms with Crippen molar-refractivity contribution >= 4 is 71.7 Å². The Morgan fingerprint density at radius 1 is 1.26 bits per heavy atom. The molecular weight excluding hydrogens is 523 g/mol. The lowest BCUT2D eigenvalue weighted by atomic mass is 10.2. The molecule has 0 unspecified atom stereocenters. The summed E-state index contributed by atoms with van der Waals surface area (Å²) in [5.74, 6) is 0.374. The minimum Gasteiger partial charge on any atom is -0.494 e. The fourth-order valence-electron chi connectivity index (χ4n) is 3.14. The van der Waals surface area contributed by atoms with Gasteiger partial charge in [0.25, 0.3) is 5.91 Å². The lowest BCUT2D eigenvalue weighted by Crippen LogP contribution is -2.32. The number of nitrogens with zero attached hydrogens (tertiary/aromatic N) is 4. The van der Waals surface area contributed by atoms with Crippen molar-refractivity contribution in [3.05, 3.63) is 69.1 Å². The molecule has 160 valence electrons. The van der Waals surface area contributed by atoms with Gasteiger partial charge in [0.15, 0.2) is 5.13 Å². The Kier molecular flexibility index (Phi) is 6.81. The third-order valence-electron chi connectivity index (χ3n) is 4.66. The number of anilines is 1. The van der Waals surface area contributed by atoms with Crippen LogP contribution in [0.1, 0.15) is 16.8 Å². The van der Waals surface area contributed by atoms with Crippen LogP contribution < -0.4 is 9.64 Å². The summed E-state index contributed by atoms with van der Waals surface area (Å²) in [7, 11) is 1.58. The number of aryl methyl sites for hydroxylation is 1. The first kappa shape index (κ1) is 22.1. The zero-order chi connectivity index (χ0) is 22.0. The number of halogens is 3. The number of methoxy groups -OCH3 is 1. The van der Waals surface area contributed by atoms with Crippen LogP contribution in [0.25, 0.3) is 10.2 Å². The van der Waals surface area contributed by atoms with Gasteiger partial charge >= 0.3 is 0 Å². The summed E-state index contributed by atoms with van der Waals surface area (Å²) in [6, 6.07) is 8.74. The molecule has 0 fully saturated rings. The SMILES string of the molecule is COc1ccc(Cl)c2sc(N(CCCn3ccnc3)C(=O)c3cc(Br)ccc3Cl)nc12. The zero-order valence-electron chi connectivity index (χ0n) is 16.4. The van der Waals surface area contributed by atoms with Gasteiger partial charge in [-0.15, -0.1) is 0 Å². The predicted molar refractivity (Wildman–Crippen MR) is 129 cm³/mol. The van der Waals surface area contributed by atoms with Crippen LogP contribution in [0, 0.1) is 0 Å². The molecule has 6 nitrogen and oxygen atoms in total. The molecule has 0 saturated carbocycles. The van der Waals surface area contributed by atoms with E-state index in [1.165, 1.54) is 11.3 Å².